The Kier molecular flexibility index (Phi) is 3.96. The number of hydrogen-bond acceptors (Lipinski definition) is 5. The first-order chi connectivity index (χ1) is 11.7. The Bertz CT molecular complexity index is 1010. The number of nitrogens with one attached hydrogen (secondary N) is 1. The molecule has 0 aliphatic carbocycles. The molecule has 24 heavy (non-hydrogen) atoms. The van der Waals surface area contributed by atoms with Gasteiger partial charge >= 0.3 is 0 Å². The van der Waals surface area contributed by atoms with Crippen LogP contribution in [0.3, 0.4) is 0 Å². The van der Waals surface area contributed by atoms with Gasteiger partial charge in [0.05, 0.1) is 6.54 Å². The molecule has 1 N–H and O–H groups in total. The van der Waals surface area contributed by atoms with Crippen LogP contribution in [0.2, 0.25) is 4.47 Å². The first-order valence-electron chi connectivity index (χ1n) is 7.50. The fourth-order valence-corrected chi connectivity index (χ4v) is 3.44. The van der Waals surface area contributed by atoms with E-state index >= 15 is 0 Å². The molecule has 4 nitrogen and oxygen atoms in total. The van der Waals surface area contributed by atoms with Gasteiger partial charge in [-0.25, -0.2) is 9.97 Å². The summed E-state index contributed by atoms with van der Waals surface area (Å²) < 4.78 is 6.45. The molecule has 2 aromatic carbocycles. The topological polar surface area (TPSA) is 51.0 Å². The SMILES string of the molecule is Cc1ccccc1-c1nc2cc(NCc3cnc(Cl)s3)ccc2o1. The standard InChI is InChI=1S/C18H14ClN3OS/c1-11-4-2-3-5-14(11)17-22-15-8-12(6-7-16(15)23-17)20-9-13-10-21-18(19)24-13/h2-8,10,20H,9H2,1H3. The fraction of sp³-hybridized carbons (Fsp3) is 0.111. The van der Waals surface area contributed by atoms with Gasteiger partial charge in [0.2, 0.25) is 5.89 Å². The lowest BCUT2D eigenvalue weighted by Gasteiger charge is -2.03. The first kappa shape index (κ1) is 15.2. The first-order valence-corrected chi connectivity index (χ1v) is 8.69. The van der Waals surface area contributed by atoms with E-state index in [2.05, 4.69) is 28.3 Å². The van der Waals surface area contributed by atoms with Crippen LogP contribution in [0.1, 0.15) is 10.4 Å². The lowest BCUT2D eigenvalue weighted by molar-refractivity contribution is 0.619. The van der Waals surface area contributed by atoms with E-state index in [1.165, 1.54) is 11.3 Å². The predicted molar refractivity (Wildman–Crippen MR) is 98.6 cm³/mol. The molecule has 0 aliphatic heterocycles. The summed E-state index contributed by atoms with van der Waals surface area (Å²) in [4.78, 5) is 9.75. The third kappa shape index (κ3) is 3.00. The van der Waals surface area contributed by atoms with Gasteiger partial charge in [0, 0.05) is 22.3 Å². The molecule has 4 rings (SSSR count). The van der Waals surface area contributed by atoms with Gasteiger partial charge in [-0.05, 0) is 36.8 Å². The van der Waals surface area contributed by atoms with Gasteiger partial charge in [-0.3, -0.25) is 0 Å². The summed E-state index contributed by atoms with van der Waals surface area (Å²) in [5.41, 5.74) is 4.75. The summed E-state index contributed by atoms with van der Waals surface area (Å²) >= 11 is 7.32. The van der Waals surface area contributed by atoms with Crippen LogP contribution in [0, 0.1) is 6.92 Å². The maximum absolute atomic E-state index is 5.89. The lowest BCUT2D eigenvalue weighted by atomic mass is 10.1. The van der Waals surface area contributed by atoms with E-state index in [1.54, 1.807) is 6.20 Å². The molecule has 2 aromatic heterocycles. The number of aromatic nitrogens is 2. The van der Waals surface area contributed by atoms with Gasteiger partial charge in [0.15, 0.2) is 10.0 Å². The molecule has 0 bridgehead atoms. The van der Waals surface area contributed by atoms with Gasteiger partial charge < -0.3 is 9.73 Å². The normalized spacial score (nSPS) is 11.1. The Balaban J connectivity index is 1.60. The van der Waals surface area contributed by atoms with Crippen molar-refractivity contribution in [1.82, 2.24) is 9.97 Å². The van der Waals surface area contributed by atoms with Crippen molar-refractivity contribution in [3.8, 4) is 11.5 Å². The molecule has 0 unspecified atom stereocenters. The highest BCUT2D eigenvalue weighted by molar-refractivity contribution is 7.15. The van der Waals surface area contributed by atoms with Crippen LogP contribution in [0.15, 0.2) is 53.1 Å². The van der Waals surface area contributed by atoms with Crippen LogP contribution in [0.5, 0.6) is 0 Å². The van der Waals surface area contributed by atoms with Crippen molar-refractivity contribution in [1.29, 1.82) is 0 Å². The number of oxazole rings is 1. The number of aryl methyl sites for hydroxylation is 1. The number of benzene rings is 2. The molecular weight excluding hydrogens is 342 g/mol. The summed E-state index contributed by atoms with van der Waals surface area (Å²) in [6.45, 7) is 2.73. The van der Waals surface area contributed by atoms with E-state index in [9.17, 15) is 0 Å². The molecule has 0 atom stereocenters. The Morgan fingerprint density at radius 3 is 2.88 bits per heavy atom. The highest BCUT2D eigenvalue weighted by Crippen LogP contribution is 2.28. The quantitative estimate of drug-likeness (QED) is 0.523. The molecule has 120 valence electrons. The Labute approximate surface area is 148 Å². The van der Waals surface area contributed by atoms with Gasteiger partial charge in [0.1, 0.15) is 5.52 Å². The lowest BCUT2D eigenvalue weighted by Crippen LogP contribution is -1.96. The van der Waals surface area contributed by atoms with Crippen molar-refractivity contribution in [2.75, 3.05) is 5.32 Å². The molecule has 0 spiro atoms. The third-order valence-corrected chi connectivity index (χ3v) is 4.87. The molecule has 2 heterocycles. The number of halogens is 1. The highest BCUT2D eigenvalue weighted by atomic mass is 35.5. The summed E-state index contributed by atoms with van der Waals surface area (Å²) in [7, 11) is 0. The smallest absolute Gasteiger partial charge is 0.227 e. The number of anilines is 1. The molecule has 0 aliphatic rings. The maximum atomic E-state index is 5.89. The van der Waals surface area contributed by atoms with E-state index in [1.807, 2.05) is 36.4 Å². The zero-order valence-electron chi connectivity index (χ0n) is 12.9. The van der Waals surface area contributed by atoms with Crippen molar-refractivity contribution in [3.05, 3.63) is 63.6 Å². The number of nitrogens with zero attached hydrogens (tertiary/aromatic N) is 2. The van der Waals surface area contributed by atoms with Crippen molar-refractivity contribution in [3.63, 3.8) is 0 Å². The molecule has 0 amide bonds. The van der Waals surface area contributed by atoms with Crippen molar-refractivity contribution in [2.45, 2.75) is 13.5 Å². The van der Waals surface area contributed by atoms with Crippen LogP contribution >= 0.6 is 22.9 Å². The van der Waals surface area contributed by atoms with E-state index in [0.29, 0.717) is 16.9 Å². The number of rotatable bonds is 4. The second kappa shape index (κ2) is 6.26. The van der Waals surface area contributed by atoms with E-state index in [0.717, 1.165) is 32.8 Å². The zero-order chi connectivity index (χ0) is 16.5. The van der Waals surface area contributed by atoms with Crippen molar-refractivity contribution < 1.29 is 4.42 Å². The summed E-state index contributed by atoms with van der Waals surface area (Å²) in [5.74, 6) is 0.648. The van der Waals surface area contributed by atoms with Gasteiger partial charge in [0.25, 0.3) is 0 Å². The molecule has 0 radical (unpaired) electrons. The van der Waals surface area contributed by atoms with Crippen LogP contribution in [0.4, 0.5) is 5.69 Å². The molecule has 0 fully saturated rings. The Morgan fingerprint density at radius 2 is 2.08 bits per heavy atom. The van der Waals surface area contributed by atoms with E-state index in [4.69, 9.17) is 16.0 Å². The number of thiazole rings is 1. The molecule has 4 aromatic rings. The summed E-state index contributed by atoms with van der Waals surface area (Å²) in [6, 6.07) is 14.0. The average Bonchev–Trinajstić information content (AvgIpc) is 3.18. The average molecular weight is 356 g/mol. The highest BCUT2D eigenvalue weighted by Gasteiger charge is 2.10. The molecule has 0 saturated carbocycles. The van der Waals surface area contributed by atoms with E-state index in [-0.39, 0.29) is 0 Å². The second-order valence-electron chi connectivity index (χ2n) is 5.45. The minimum atomic E-state index is 0.557. The Hall–Kier alpha value is -2.37. The second-order valence-corrected chi connectivity index (χ2v) is 7.15. The third-order valence-electron chi connectivity index (χ3n) is 3.76. The van der Waals surface area contributed by atoms with Gasteiger partial charge in [-0.1, -0.05) is 29.8 Å². The van der Waals surface area contributed by atoms with Gasteiger partial charge in [-0.2, -0.15) is 0 Å². The van der Waals surface area contributed by atoms with Crippen molar-refractivity contribution in [2.24, 2.45) is 0 Å². The fourth-order valence-electron chi connectivity index (χ4n) is 2.52. The van der Waals surface area contributed by atoms with Crippen molar-refractivity contribution >= 4 is 39.7 Å². The van der Waals surface area contributed by atoms with Crippen LogP contribution in [0.25, 0.3) is 22.6 Å². The minimum absolute atomic E-state index is 0.557. The Morgan fingerprint density at radius 1 is 1.21 bits per heavy atom. The zero-order valence-corrected chi connectivity index (χ0v) is 14.5. The van der Waals surface area contributed by atoms with Crippen LogP contribution < -0.4 is 5.32 Å². The van der Waals surface area contributed by atoms with Crippen LogP contribution in [-0.4, -0.2) is 9.97 Å². The minimum Gasteiger partial charge on any atom is -0.436 e. The van der Waals surface area contributed by atoms with Gasteiger partial charge in [-0.15, -0.1) is 11.3 Å². The molecule has 6 heteroatoms. The maximum Gasteiger partial charge on any atom is 0.227 e. The predicted octanol–water partition coefficient (Wildman–Crippen LogP) is 5.53. The number of hydrogen-bond donors (Lipinski definition) is 1. The molecule has 0 saturated heterocycles. The summed E-state index contributed by atoms with van der Waals surface area (Å²) in [5, 5.41) is 3.36. The molecular formula is C18H14ClN3OS. The number of fused-ring (bicyclic) bond motifs is 1. The summed E-state index contributed by atoms with van der Waals surface area (Å²) in [6.07, 6.45) is 1.78. The van der Waals surface area contributed by atoms with Crippen LogP contribution in [-0.2, 0) is 6.54 Å². The largest absolute Gasteiger partial charge is 0.436 e. The monoisotopic (exact) mass is 355 g/mol. The van der Waals surface area contributed by atoms with E-state index < -0.39 is 0 Å².